The molecular weight excluding hydrogens is 146 g/mol. The molecule has 0 saturated heterocycles. The molecule has 0 spiro atoms. The summed E-state index contributed by atoms with van der Waals surface area (Å²) in [6, 6.07) is 2.42. The highest BCUT2D eigenvalue weighted by Crippen LogP contribution is 2.69. The Balaban J connectivity index is 2.89. The summed E-state index contributed by atoms with van der Waals surface area (Å²) in [5.41, 5.74) is 1.34. The summed E-state index contributed by atoms with van der Waals surface area (Å²) in [5, 5.41) is 9.00. The van der Waals surface area contributed by atoms with Gasteiger partial charge in [-0.25, -0.2) is 0 Å². The van der Waals surface area contributed by atoms with Gasteiger partial charge in [0.1, 0.15) is 0 Å². The van der Waals surface area contributed by atoms with E-state index in [1.54, 1.807) is 0 Å². The molecule has 1 rings (SSSR count). The molecule has 2 unspecified atom stereocenters. The van der Waals surface area contributed by atoms with E-state index >= 15 is 0 Å². The van der Waals surface area contributed by atoms with Gasteiger partial charge < -0.3 is 0 Å². The number of hydrogen-bond donors (Lipinski definition) is 0. The van der Waals surface area contributed by atoms with Crippen LogP contribution in [0.15, 0.2) is 11.6 Å². The first-order valence-electron chi connectivity index (χ1n) is 4.42. The van der Waals surface area contributed by atoms with Crippen LogP contribution in [0, 0.1) is 28.1 Å². The van der Waals surface area contributed by atoms with Gasteiger partial charge in [0.15, 0.2) is 0 Å². The molecule has 1 heteroatoms. The lowest BCUT2D eigenvalue weighted by Gasteiger charge is -2.00. The fraction of sp³-hybridized carbons (Fsp3) is 0.727. The van der Waals surface area contributed by atoms with Crippen molar-refractivity contribution in [3.63, 3.8) is 0 Å². The smallest absolute Gasteiger partial charge is 0.0699 e. The van der Waals surface area contributed by atoms with Gasteiger partial charge in [-0.1, -0.05) is 25.5 Å². The molecule has 66 valence electrons. The van der Waals surface area contributed by atoms with Gasteiger partial charge in [-0.3, -0.25) is 0 Å². The molecule has 1 aliphatic rings. The topological polar surface area (TPSA) is 23.8 Å². The molecular formula is C11H17N. The van der Waals surface area contributed by atoms with Gasteiger partial charge in [0.25, 0.3) is 0 Å². The molecule has 0 N–H and O–H groups in total. The maximum atomic E-state index is 9.00. The molecule has 1 saturated carbocycles. The fourth-order valence-electron chi connectivity index (χ4n) is 1.95. The second-order valence-corrected chi connectivity index (χ2v) is 4.76. The van der Waals surface area contributed by atoms with Crippen molar-refractivity contribution in [1.29, 1.82) is 5.26 Å². The Morgan fingerprint density at radius 1 is 1.33 bits per heavy atom. The highest BCUT2D eigenvalue weighted by molar-refractivity contribution is 5.31. The number of nitriles is 1. The van der Waals surface area contributed by atoms with Crippen LogP contribution in [0.1, 0.15) is 34.6 Å². The first-order chi connectivity index (χ1) is 5.36. The number of nitrogens with zero attached hydrogens (tertiary/aromatic N) is 1. The highest BCUT2D eigenvalue weighted by Gasteiger charge is 2.67. The van der Waals surface area contributed by atoms with Crippen LogP contribution >= 0.6 is 0 Å². The molecule has 0 aromatic rings. The molecule has 1 nitrogen and oxygen atoms in total. The Morgan fingerprint density at radius 2 is 1.83 bits per heavy atom. The minimum atomic E-state index is -0.135. The molecule has 2 atom stereocenters. The molecule has 0 aromatic carbocycles. The molecule has 0 radical (unpaired) electrons. The number of rotatable bonds is 1. The van der Waals surface area contributed by atoms with Crippen molar-refractivity contribution < 1.29 is 0 Å². The number of hydrogen-bond acceptors (Lipinski definition) is 1. The molecule has 0 bridgehead atoms. The summed E-state index contributed by atoms with van der Waals surface area (Å²) < 4.78 is 0. The van der Waals surface area contributed by atoms with Crippen LogP contribution in [-0.2, 0) is 0 Å². The zero-order valence-corrected chi connectivity index (χ0v) is 8.60. The van der Waals surface area contributed by atoms with Crippen molar-refractivity contribution in [2.24, 2.45) is 16.7 Å². The van der Waals surface area contributed by atoms with Crippen molar-refractivity contribution in [2.45, 2.75) is 34.6 Å². The zero-order chi connectivity index (χ0) is 9.57. The third-order valence-corrected chi connectivity index (χ3v) is 3.39. The molecule has 0 amide bonds. The average molecular weight is 163 g/mol. The standard InChI is InChI=1S/C11H17N/c1-8(2)6-9-10(3,4)11(9,5)7-12/h6,9H,1-5H3. The molecule has 12 heavy (non-hydrogen) atoms. The largest absolute Gasteiger partial charge is 0.198 e. The van der Waals surface area contributed by atoms with Crippen LogP contribution in [0.2, 0.25) is 0 Å². The Labute approximate surface area is 75.1 Å². The Bertz CT molecular complexity index is 263. The van der Waals surface area contributed by atoms with E-state index in [0.29, 0.717) is 5.92 Å². The third kappa shape index (κ3) is 0.982. The molecule has 1 fully saturated rings. The van der Waals surface area contributed by atoms with Crippen LogP contribution in [0.5, 0.6) is 0 Å². The fourth-order valence-corrected chi connectivity index (χ4v) is 1.95. The van der Waals surface area contributed by atoms with E-state index in [4.69, 9.17) is 5.26 Å². The first-order valence-corrected chi connectivity index (χ1v) is 4.42. The van der Waals surface area contributed by atoms with Crippen molar-refractivity contribution in [1.82, 2.24) is 0 Å². The van der Waals surface area contributed by atoms with Crippen molar-refractivity contribution in [3.05, 3.63) is 11.6 Å². The summed E-state index contributed by atoms with van der Waals surface area (Å²) in [5.74, 6) is 0.444. The van der Waals surface area contributed by atoms with Gasteiger partial charge in [0.2, 0.25) is 0 Å². The van der Waals surface area contributed by atoms with Crippen LogP contribution in [0.3, 0.4) is 0 Å². The van der Waals surface area contributed by atoms with E-state index in [1.165, 1.54) is 5.57 Å². The summed E-state index contributed by atoms with van der Waals surface area (Å²) in [7, 11) is 0. The Hall–Kier alpha value is -0.770. The maximum absolute atomic E-state index is 9.00. The van der Waals surface area contributed by atoms with Gasteiger partial charge in [-0.05, 0) is 26.2 Å². The third-order valence-electron chi connectivity index (χ3n) is 3.39. The van der Waals surface area contributed by atoms with Crippen LogP contribution in [-0.4, -0.2) is 0 Å². The van der Waals surface area contributed by atoms with Crippen molar-refractivity contribution in [3.8, 4) is 6.07 Å². The minimum Gasteiger partial charge on any atom is -0.198 e. The van der Waals surface area contributed by atoms with Crippen LogP contribution in [0.25, 0.3) is 0 Å². The van der Waals surface area contributed by atoms with Gasteiger partial charge >= 0.3 is 0 Å². The van der Waals surface area contributed by atoms with E-state index in [9.17, 15) is 0 Å². The van der Waals surface area contributed by atoms with Crippen LogP contribution < -0.4 is 0 Å². The molecule has 0 aromatic heterocycles. The Morgan fingerprint density at radius 3 is 2.08 bits per heavy atom. The first kappa shape index (κ1) is 9.32. The SMILES string of the molecule is CC(C)=CC1C(C)(C)C1(C)C#N. The summed E-state index contributed by atoms with van der Waals surface area (Å²) in [4.78, 5) is 0. The lowest BCUT2D eigenvalue weighted by atomic mass is 10.0. The summed E-state index contributed by atoms with van der Waals surface area (Å²) in [6.45, 7) is 10.6. The maximum Gasteiger partial charge on any atom is 0.0699 e. The monoisotopic (exact) mass is 163 g/mol. The zero-order valence-electron chi connectivity index (χ0n) is 8.60. The van der Waals surface area contributed by atoms with E-state index in [1.807, 2.05) is 0 Å². The van der Waals surface area contributed by atoms with Crippen molar-refractivity contribution in [2.75, 3.05) is 0 Å². The second kappa shape index (κ2) is 2.36. The molecule has 0 aliphatic heterocycles. The lowest BCUT2D eigenvalue weighted by molar-refractivity contribution is 0.510. The molecule has 0 heterocycles. The van der Waals surface area contributed by atoms with Crippen molar-refractivity contribution >= 4 is 0 Å². The molecule has 1 aliphatic carbocycles. The van der Waals surface area contributed by atoms with Gasteiger partial charge in [-0.2, -0.15) is 5.26 Å². The number of allylic oxidation sites excluding steroid dienone is 2. The lowest BCUT2D eigenvalue weighted by Crippen LogP contribution is -1.98. The Kier molecular flexibility index (Phi) is 1.83. The van der Waals surface area contributed by atoms with E-state index < -0.39 is 0 Å². The van der Waals surface area contributed by atoms with Gasteiger partial charge in [0.05, 0.1) is 11.5 Å². The van der Waals surface area contributed by atoms with E-state index in [0.717, 1.165) is 0 Å². The average Bonchev–Trinajstić information content (AvgIpc) is 2.35. The summed E-state index contributed by atoms with van der Waals surface area (Å²) in [6.07, 6.45) is 2.23. The summed E-state index contributed by atoms with van der Waals surface area (Å²) >= 11 is 0. The predicted molar refractivity (Wildman–Crippen MR) is 50.4 cm³/mol. The predicted octanol–water partition coefficient (Wildman–Crippen LogP) is 3.14. The normalized spacial score (nSPS) is 36.8. The second-order valence-electron chi connectivity index (χ2n) is 4.76. The minimum absolute atomic E-state index is 0.135. The van der Waals surface area contributed by atoms with Gasteiger partial charge in [0, 0.05) is 5.92 Å². The quantitative estimate of drug-likeness (QED) is 0.545. The van der Waals surface area contributed by atoms with E-state index in [-0.39, 0.29) is 10.8 Å². The van der Waals surface area contributed by atoms with E-state index in [2.05, 4.69) is 46.8 Å². The van der Waals surface area contributed by atoms with Crippen LogP contribution in [0.4, 0.5) is 0 Å². The highest BCUT2D eigenvalue weighted by atomic mass is 14.7. The van der Waals surface area contributed by atoms with Gasteiger partial charge in [-0.15, -0.1) is 0 Å².